The molecule has 1 aliphatic rings. The number of aromatic nitrogens is 2. The van der Waals surface area contributed by atoms with E-state index < -0.39 is 0 Å². The number of hydrogen-bond donors (Lipinski definition) is 1. The van der Waals surface area contributed by atoms with Crippen molar-refractivity contribution in [2.45, 2.75) is 23.9 Å². The number of hydrogen-bond acceptors (Lipinski definition) is 5. The second-order valence-corrected chi connectivity index (χ2v) is 6.37. The molecule has 134 valence electrons. The van der Waals surface area contributed by atoms with Crippen LogP contribution in [0.4, 0.5) is 0 Å². The van der Waals surface area contributed by atoms with Gasteiger partial charge in [0.1, 0.15) is 5.76 Å². The lowest BCUT2D eigenvalue weighted by atomic mass is 10.2. The Bertz CT molecular complexity index is 661. The molecule has 9 heteroatoms. The number of nitrogens with zero attached hydrogens (tertiary/aromatic N) is 3. The summed E-state index contributed by atoms with van der Waals surface area (Å²) in [5.74, 6) is 1.85. The Hall–Kier alpha value is -1.15. The molecule has 1 fully saturated rings. The molecular formula is C15H22Cl2N4O2S. The van der Waals surface area contributed by atoms with E-state index in [0.717, 1.165) is 30.6 Å². The highest BCUT2D eigenvalue weighted by molar-refractivity contribution is 7.98. The third-order valence-electron chi connectivity index (χ3n) is 3.76. The summed E-state index contributed by atoms with van der Waals surface area (Å²) in [5.41, 5.74) is 0. The van der Waals surface area contributed by atoms with Gasteiger partial charge in [-0.2, -0.15) is 0 Å². The number of thioether (sulfide) groups is 1. The normalized spacial score (nSPS) is 17.1. The average molecular weight is 393 g/mol. The van der Waals surface area contributed by atoms with Crippen LogP contribution in [0, 0.1) is 0 Å². The SMILES string of the molecule is CC1CNCCN1C(=O)c1ccc(CSc2nccn2C)o1.Cl.Cl. The van der Waals surface area contributed by atoms with Crippen molar-refractivity contribution in [2.24, 2.45) is 7.05 Å². The Balaban J connectivity index is 0.00000144. The Labute approximate surface area is 158 Å². The van der Waals surface area contributed by atoms with Crippen LogP contribution < -0.4 is 5.32 Å². The quantitative estimate of drug-likeness (QED) is 0.809. The number of halogens is 2. The second kappa shape index (κ2) is 9.36. The van der Waals surface area contributed by atoms with Crippen molar-refractivity contribution in [2.75, 3.05) is 19.6 Å². The van der Waals surface area contributed by atoms with E-state index in [1.165, 1.54) is 0 Å². The zero-order valence-electron chi connectivity index (χ0n) is 13.6. The molecule has 0 spiro atoms. The van der Waals surface area contributed by atoms with Gasteiger partial charge in [-0.3, -0.25) is 4.79 Å². The molecule has 24 heavy (non-hydrogen) atoms. The molecule has 0 saturated carbocycles. The van der Waals surface area contributed by atoms with Crippen molar-refractivity contribution in [3.63, 3.8) is 0 Å². The Morgan fingerprint density at radius 1 is 1.46 bits per heavy atom. The van der Waals surface area contributed by atoms with Crippen LogP contribution in [0.3, 0.4) is 0 Å². The first kappa shape index (κ1) is 20.9. The first-order valence-electron chi connectivity index (χ1n) is 7.35. The van der Waals surface area contributed by atoms with E-state index in [-0.39, 0.29) is 36.8 Å². The highest BCUT2D eigenvalue weighted by Crippen LogP contribution is 2.22. The number of carbonyl (C=O) groups is 1. The summed E-state index contributed by atoms with van der Waals surface area (Å²) in [6, 6.07) is 3.83. The molecule has 2 aromatic rings. The monoisotopic (exact) mass is 392 g/mol. The number of imidazole rings is 1. The molecule has 0 aliphatic carbocycles. The van der Waals surface area contributed by atoms with E-state index in [1.54, 1.807) is 24.0 Å². The lowest BCUT2D eigenvalue weighted by Gasteiger charge is -2.33. The van der Waals surface area contributed by atoms with Gasteiger partial charge in [0.15, 0.2) is 10.9 Å². The standard InChI is InChI=1S/C15H20N4O2S.2ClH/c1-11-9-16-5-8-19(11)14(20)13-4-3-12(21-13)10-22-15-17-6-7-18(15)2;;/h3-4,6-7,11,16H,5,8-10H2,1-2H3;2*1H. The maximum Gasteiger partial charge on any atom is 0.289 e. The van der Waals surface area contributed by atoms with Crippen molar-refractivity contribution >= 4 is 42.5 Å². The molecule has 1 amide bonds. The Morgan fingerprint density at radius 3 is 2.92 bits per heavy atom. The van der Waals surface area contributed by atoms with E-state index in [1.807, 2.05) is 35.7 Å². The van der Waals surface area contributed by atoms with Gasteiger partial charge in [0, 0.05) is 45.1 Å². The maximum absolute atomic E-state index is 12.5. The van der Waals surface area contributed by atoms with Crippen LogP contribution in [0.25, 0.3) is 0 Å². The smallest absolute Gasteiger partial charge is 0.289 e. The van der Waals surface area contributed by atoms with Gasteiger partial charge in [0.05, 0.1) is 5.75 Å². The van der Waals surface area contributed by atoms with Crippen LogP contribution in [0.1, 0.15) is 23.2 Å². The summed E-state index contributed by atoms with van der Waals surface area (Å²) < 4.78 is 7.68. The first-order valence-corrected chi connectivity index (χ1v) is 8.34. The van der Waals surface area contributed by atoms with Crippen LogP contribution in [-0.4, -0.2) is 46.0 Å². The van der Waals surface area contributed by atoms with Gasteiger partial charge in [0.2, 0.25) is 0 Å². The average Bonchev–Trinajstić information content (AvgIpc) is 3.14. The van der Waals surface area contributed by atoms with Crippen LogP contribution in [0.5, 0.6) is 0 Å². The first-order chi connectivity index (χ1) is 10.6. The van der Waals surface area contributed by atoms with Crippen molar-refractivity contribution in [3.05, 3.63) is 36.0 Å². The molecule has 2 aromatic heterocycles. The van der Waals surface area contributed by atoms with E-state index in [9.17, 15) is 4.79 Å². The van der Waals surface area contributed by atoms with E-state index in [4.69, 9.17) is 4.42 Å². The fourth-order valence-electron chi connectivity index (χ4n) is 2.48. The minimum Gasteiger partial charge on any atom is -0.455 e. The van der Waals surface area contributed by atoms with Gasteiger partial charge in [0.25, 0.3) is 5.91 Å². The third kappa shape index (κ3) is 4.69. The molecule has 0 aromatic carbocycles. The van der Waals surface area contributed by atoms with Crippen LogP contribution >= 0.6 is 36.6 Å². The molecule has 1 N–H and O–H groups in total. The predicted molar refractivity (Wildman–Crippen MR) is 99.3 cm³/mol. The van der Waals surface area contributed by atoms with Gasteiger partial charge in [-0.25, -0.2) is 4.98 Å². The summed E-state index contributed by atoms with van der Waals surface area (Å²) in [7, 11) is 1.96. The topological polar surface area (TPSA) is 63.3 Å². The summed E-state index contributed by atoms with van der Waals surface area (Å²) in [6.45, 7) is 4.43. The number of aryl methyl sites for hydroxylation is 1. The van der Waals surface area contributed by atoms with E-state index in [2.05, 4.69) is 10.3 Å². The summed E-state index contributed by atoms with van der Waals surface area (Å²) in [5, 5.41) is 4.21. The molecular weight excluding hydrogens is 371 g/mol. The van der Waals surface area contributed by atoms with Gasteiger partial charge in [-0.1, -0.05) is 11.8 Å². The van der Waals surface area contributed by atoms with Gasteiger partial charge < -0.3 is 19.2 Å². The number of carbonyl (C=O) groups excluding carboxylic acids is 1. The van der Waals surface area contributed by atoms with E-state index in [0.29, 0.717) is 11.5 Å². The number of nitrogens with one attached hydrogen (secondary N) is 1. The minimum absolute atomic E-state index is 0. The van der Waals surface area contributed by atoms with E-state index >= 15 is 0 Å². The Morgan fingerprint density at radius 2 is 2.25 bits per heavy atom. The van der Waals surface area contributed by atoms with Gasteiger partial charge in [-0.15, -0.1) is 24.8 Å². The molecule has 1 aliphatic heterocycles. The van der Waals surface area contributed by atoms with Gasteiger partial charge in [-0.05, 0) is 19.1 Å². The molecule has 3 heterocycles. The van der Waals surface area contributed by atoms with Crippen molar-refractivity contribution in [3.8, 4) is 0 Å². The molecule has 0 bridgehead atoms. The highest BCUT2D eigenvalue weighted by atomic mass is 35.5. The maximum atomic E-state index is 12.5. The fourth-order valence-corrected chi connectivity index (χ4v) is 3.31. The molecule has 1 unspecified atom stereocenters. The number of furan rings is 1. The Kier molecular flexibility index (Phi) is 8.15. The third-order valence-corrected chi connectivity index (χ3v) is 4.84. The van der Waals surface area contributed by atoms with Crippen molar-refractivity contribution < 1.29 is 9.21 Å². The molecule has 1 saturated heterocycles. The summed E-state index contributed by atoms with van der Waals surface area (Å²) in [6.07, 6.45) is 3.68. The molecule has 0 radical (unpaired) electrons. The summed E-state index contributed by atoms with van der Waals surface area (Å²) >= 11 is 1.59. The number of rotatable bonds is 4. The van der Waals surface area contributed by atoms with Gasteiger partial charge >= 0.3 is 0 Å². The van der Waals surface area contributed by atoms with Crippen molar-refractivity contribution in [1.82, 2.24) is 19.8 Å². The predicted octanol–water partition coefficient (Wildman–Crippen LogP) is 2.58. The lowest BCUT2D eigenvalue weighted by Crippen LogP contribution is -2.52. The zero-order chi connectivity index (χ0) is 15.5. The second-order valence-electron chi connectivity index (χ2n) is 5.43. The largest absolute Gasteiger partial charge is 0.455 e. The van der Waals surface area contributed by atoms with Crippen LogP contribution in [0.2, 0.25) is 0 Å². The van der Waals surface area contributed by atoms with Crippen LogP contribution in [-0.2, 0) is 12.8 Å². The number of amides is 1. The highest BCUT2D eigenvalue weighted by Gasteiger charge is 2.26. The fraction of sp³-hybridized carbons (Fsp3) is 0.467. The van der Waals surface area contributed by atoms with Crippen molar-refractivity contribution in [1.29, 1.82) is 0 Å². The molecule has 6 nitrogen and oxygen atoms in total. The molecule has 1 atom stereocenters. The summed E-state index contributed by atoms with van der Waals surface area (Å²) in [4.78, 5) is 18.6. The number of piperazine rings is 1. The zero-order valence-corrected chi connectivity index (χ0v) is 16.0. The van der Waals surface area contributed by atoms with Crippen LogP contribution in [0.15, 0.2) is 34.1 Å². The molecule has 3 rings (SSSR count). The lowest BCUT2D eigenvalue weighted by molar-refractivity contribution is 0.0621. The minimum atomic E-state index is -0.0257.